The molecule has 1 fully saturated rings. The maximum atomic E-state index is 12.1. The summed E-state index contributed by atoms with van der Waals surface area (Å²) in [5, 5.41) is 3.08. The Morgan fingerprint density at radius 3 is 2.77 bits per heavy atom. The molecule has 0 radical (unpaired) electrons. The number of aromatic nitrogens is 1. The summed E-state index contributed by atoms with van der Waals surface area (Å²) in [6.45, 7) is 6.23. The number of piperazine rings is 1. The zero-order valence-corrected chi connectivity index (χ0v) is 14.3. The van der Waals surface area contributed by atoms with E-state index in [4.69, 9.17) is 0 Å². The Kier molecular flexibility index (Phi) is 6.99. The average Bonchev–Trinajstić information content (AvgIpc) is 2.54. The maximum Gasteiger partial charge on any atom is 0.234 e. The van der Waals surface area contributed by atoms with Gasteiger partial charge in [-0.2, -0.15) is 11.8 Å². The molecule has 22 heavy (non-hydrogen) atoms. The molecule has 1 N–H and O–H groups in total. The average molecular weight is 322 g/mol. The molecule has 0 spiro atoms. The van der Waals surface area contributed by atoms with Gasteiger partial charge in [0.25, 0.3) is 0 Å². The molecule has 1 saturated heterocycles. The monoisotopic (exact) mass is 322 g/mol. The molecule has 1 amide bonds. The fraction of sp³-hybridized carbons (Fsp3) is 0.625. The first-order valence-corrected chi connectivity index (χ1v) is 9.25. The van der Waals surface area contributed by atoms with Crippen molar-refractivity contribution >= 4 is 23.5 Å². The van der Waals surface area contributed by atoms with E-state index in [9.17, 15) is 4.79 Å². The van der Waals surface area contributed by atoms with Crippen LogP contribution >= 0.6 is 11.8 Å². The lowest BCUT2D eigenvalue weighted by atomic mass is 10.2. The van der Waals surface area contributed by atoms with Gasteiger partial charge in [0, 0.05) is 38.4 Å². The van der Waals surface area contributed by atoms with Gasteiger partial charge in [0.1, 0.15) is 5.82 Å². The van der Waals surface area contributed by atoms with Gasteiger partial charge in [-0.05, 0) is 37.5 Å². The normalized spacial score (nSPS) is 17.3. The van der Waals surface area contributed by atoms with Gasteiger partial charge in [0.05, 0.1) is 6.54 Å². The van der Waals surface area contributed by atoms with Gasteiger partial charge < -0.3 is 10.2 Å². The van der Waals surface area contributed by atoms with E-state index in [-0.39, 0.29) is 11.9 Å². The first-order valence-electron chi connectivity index (χ1n) is 7.85. The highest BCUT2D eigenvalue weighted by molar-refractivity contribution is 7.98. The molecule has 1 aromatic rings. The minimum atomic E-state index is 0.139. The summed E-state index contributed by atoms with van der Waals surface area (Å²) < 4.78 is 0. The third-order valence-electron chi connectivity index (χ3n) is 3.88. The molecule has 0 bridgehead atoms. The Hall–Kier alpha value is -1.27. The standard InChI is InChI=1S/C16H26N4OS/c1-14(6-12-22-2)18-16(21)13-19-8-10-20(11-9-19)15-5-3-4-7-17-15/h3-5,7,14H,6,8-13H2,1-2H3,(H,18,21)/t14-/m1/s1. The van der Waals surface area contributed by atoms with Crippen molar-refractivity contribution in [1.82, 2.24) is 15.2 Å². The lowest BCUT2D eigenvalue weighted by molar-refractivity contribution is -0.122. The molecule has 5 nitrogen and oxygen atoms in total. The first-order chi connectivity index (χ1) is 10.7. The zero-order valence-electron chi connectivity index (χ0n) is 13.5. The van der Waals surface area contributed by atoms with Gasteiger partial charge in [0.2, 0.25) is 5.91 Å². The minimum absolute atomic E-state index is 0.139. The molecule has 1 aromatic heterocycles. The smallest absolute Gasteiger partial charge is 0.234 e. The summed E-state index contributed by atoms with van der Waals surface area (Å²) in [6, 6.07) is 6.24. The van der Waals surface area contributed by atoms with Crippen LogP contribution in [-0.2, 0) is 4.79 Å². The van der Waals surface area contributed by atoms with Crippen LogP contribution in [0.15, 0.2) is 24.4 Å². The summed E-state index contributed by atoms with van der Waals surface area (Å²) in [6.07, 6.45) is 4.95. The van der Waals surface area contributed by atoms with E-state index >= 15 is 0 Å². The van der Waals surface area contributed by atoms with E-state index in [1.807, 2.05) is 36.2 Å². The van der Waals surface area contributed by atoms with Crippen LogP contribution in [0.4, 0.5) is 5.82 Å². The third-order valence-corrected chi connectivity index (χ3v) is 4.52. The third kappa shape index (κ3) is 5.50. The van der Waals surface area contributed by atoms with E-state index < -0.39 is 0 Å². The van der Waals surface area contributed by atoms with Gasteiger partial charge in [-0.15, -0.1) is 0 Å². The fourth-order valence-corrected chi connectivity index (χ4v) is 3.16. The van der Waals surface area contributed by atoms with Crippen LogP contribution in [0.3, 0.4) is 0 Å². The second-order valence-electron chi connectivity index (χ2n) is 5.70. The van der Waals surface area contributed by atoms with Crippen molar-refractivity contribution in [2.75, 3.05) is 49.6 Å². The van der Waals surface area contributed by atoms with Crippen LogP contribution in [0.1, 0.15) is 13.3 Å². The number of nitrogens with zero attached hydrogens (tertiary/aromatic N) is 3. The van der Waals surface area contributed by atoms with Crippen molar-refractivity contribution in [3.05, 3.63) is 24.4 Å². The molecule has 0 unspecified atom stereocenters. The van der Waals surface area contributed by atoms with Crippen molar-refractivity contribution < 1.29 is 4.79 Å². The Morgan fingerprint density at radius 2 is 2.14 bits per heavy atom. The maximum absolute atomic E-state index is 12.1. The number of hydrogen-bond acceptors (Lipinski definition) is 5. The molecule has 6 heteroatoms. The number of pyridine rings is 1. The van der Waals surface area contributed by atoms with E-state index in [1.165, 1.54) is 0 Å². The van der Waals surface area contributed by atoms with Crippen LogP contribution < -0.4 is 10.2 Å². The summed E-state index contributed by atoms with van der Waals surface area (Å²) >= 11 is 1.82. The number of hydrogen-bond donors (Lipinski definition) is 1. The molecule has 1 aliphatic rings. The highest BCUT2D eigenvalue weighted by atomic mass is 32.2. The molecule has 2 rings (SSSR count). The molecular weight excluding hydrogens is 296 g/mol. The van der Waals surface area contributed by atoms with Crippen LogP contribution in [0.2, 0.25) is 0 Å². The molecule has 0 aromatic carbocycles. The van der Waals surface area contributed by atoms with Gasteiger partial charge in [-0.25, -0.2) is 4.98 Å². The van der Waals surface area contributed by atoms with Crippen molar-refractivity contribution in [2.24, 2.45) is 0 Å². The Morgan fingerprint density at radius 1 is 1.36 bits per heavy atom. The Balaban J connectivity index is 1.70. The number of anilines is 1. The van der Waals surface area contributed by atoms with E-state index in [2.05, 4.69) is 33.3 Å². The highest BCUT2D eigenvalue weighted by Crippen LogP contribution is 2.12. The molecule has 0 aliphatic carbocycles. The highest BCUT2D eigenvalue weighted by Gasteiger charge is 2.20. The van der Waals surface area contributed by atoms with Gasteiger partial charge >= 0.3 is 0 Å². The second kappa shape index (κ2) is 9.00. The first kappa shape index (κ1) is 17.1. The molecule has 2 heterocycles. The van der Waals surface area contributed by atoms with Crippen LogP contribution in [-0.4, -0.2) is 66.6 Å². The lowest BCUT2D eigenvalue weighted by Gasteiger charge is -2.35. The number of nitrogens with one attached hydrogen (secondary N) is 1. The summed E-state index contributed by atoms with van der Waals surface area (Å²) in [5.41, 5.74) is 0. The second-order valence-corrected chi connectivity index (χ2v) is 6.69. The summed E-state index contributed by atoms with van der Waals surface area (Å²) in [5.74, 6) is 2.25. The molecule has 122 valence electrons. The number of carbonyl (C=O) groups excluding carboxylic acids is 1. The Labute approximate surface area is 137 Å². The predicted octanol–water partition coefficient (Wildman–Crippen LogP) is 1.46. The fourth-order valence-electron chi connectivity index (χ4n) is 2.57. The van der Waals surface area contributed by atoms with E-state index in [1.54, 1.807) is 0 Å². The van der Waals surface area contributed by atoms with Gasteiger partial charge in [-0.3, -0.25) is 9.69 Å². The van der Waals surface area contributed by atoms with Crippen LogP contribution in [0.5, 0.6) is 0 Å². The number of rotatable bonds is 7. The number of thioether (sulfide) groups is 1. The SMILES string of the molecule is CSCC[C@@H](C)NC(=O)CN1CCN(c2ccccn2)CC1. The van der Waals surface area contributed by atoms with Crippen LogP contribution in [0, 0.1) is 0 Å². The predicted molar refractivity (Wildman–Crippen MR) is 93.5 cm³/mol. The van der Waals surface area contributed by atoms with Gasteiger partial charge in [0.15, 0.2) is 0 Å². The quantitative estimate of drug-likeness (QED) is 0.824. The largest absolute Gasteiger partial charge is 0.354 e. The Bertz CT molecular complexity index is 449. The molecule has 1 aliphatic heterocycles. The van der Waals surface area contributed by atoms with Crippen molar-refractivity contribution in [1.29, 1.82) is 0 Å². The molecule has 1 atom stereocenters. The van der Waals surface area contributed by atoms with Crippen LogP contribution in [0.25, 0.3) is 0 Å². The van der Waals surface area contributed by atoms with E-state index in [0.717, 1.165) is 44.2 Å². The number of carbonyl (C=O) groups is 1. The summed E-state index contributed by atoms with van der Waals surface area (Å²) in [7, 11) is 0. The summed E-state index contributed by atoms with van der Waals surface area (Å²) in [4.78, 5) is 20.9. The zero-order chi connectivity index (χ0) is 15.8. The van der Waals surface area contributed by atoms with Crippen molar-refractivity contribution in [3.8, 4) is 0 Å². The minimum Gasteiger partial charge on any atom is -0.354 e. The van der Waals surface area contributed by atoms with Crippen molar-refractivity contribution in [2.45, 2.75) is 19.4 Å². The van der Waals surface area contributed by atoms with Gasteiger partial charge in [-0.1, -0.05) is 6.07 Å². The van der Waals surface area contributed by atoms with Crippen molar-refractivity contribution in [3.63, 3.8) is 0 Å². The van der Waals surface area contributed by atoms with E-state index in [0.29, 0.717) is 6.54 Å². The number of amides is 1. The topological polar surface area (TPSA) is 48.5 Å². The molecular formula is C16H26N4OS. The lowest BCUT2D eigenvalue weighted by Crippen LogP contribution is -2.50. The molecule has 0 saturated carbocycles.